The molecular formula is C20H32IN5O. The molecule has 1 aliphatic carbocycles. The van der Waals surface area contributed by atoms with E-state index in [1.165, 1.54) is 25.7 Å². The Hall–Kier alpha value is -1.51. The lowest BCUT2D eigenvalue weighted by molar-refractivity contribution is 0.222. The highest BCUT2D eigenvalue weighted by molar-refractivity contribution is 14.0. The van der Waals surface area contributed by atoms with Gasteiger partial charge in [0.2, 0.25) is 0 Å². The second kappa shape index (κ2) is 11.4. The summed E-state index contributed by atoms with van der Waals surface area (Å²) in [4.78, 5) is 18.8. The highest BCUT2D eigenvalue weighted by Crippen LogP contribution is 2.18. The summed E-state index contributed by atoms with van der Waals surface area (Å²) in [5.41, 5.74) is 1.93. The number of carbonyl (C=O) groups excluding carboxylic acids is 1. The van der Waals surface area contributed by atoms with Crippen molar-refractivity contribution in [2.75, 3.05) is 25.0 Å². The molecule has 150 valence electrons. The summed E-state index contributed by atoms with van der Waals surface area (Å²) in [6.07, 6.45) is 7.25. The van der Waals surface area contributed by atoms with Crippen LogP contribution < -0.4 is 16.0 Å². The predicted octanol–water partition coefficient (Wildman–Crippen LogP) is 3.93. The van der Waals surface area contributed by atoms with Gasteiger partial charge in [-0.15, -0.1) is 24.0 Å². The van der Waals surface area contributed by atoms with Crippen molar-refractivity contribution in [3.05, 3.63) is 29.8 Å². The van der Waals surface area contributed by atoms with Crippen LogP contribution in [0.3, 0.4) is 0 Å². The number of likely N-dealkylation sites (tertiary alicyclic amines) is 1. The Labute approximate surface area is 179 Å². The molecule has 1 aromatic rings. The van der Waals surface area contributed by atoms with E-state index < -0.39 is 0 Å². The zero-order valence-electron chi connectivity index (χ0n) is 16.2. The van der Waals surface area contributed by atoms with Gasteiger partial charge in [-0.05, 0) is 50.3 Å². The van der Waals surface area contributed by atoms with E-state index in [9.17, 15) is 4.79 Å². The molecule has 0 bridgehead atoms. The zero-order chi connectivity index (χ0) is 18.2. The smallest absolute Gasteiger partial charge is 0.321 e. The molecule has 0 radical (unpaired) electrons. The number of nitrogens with zero attached hydrogens (tertiary/aromatic N) is 2. The third-order valence-electron chi connectivity index (χ3n) is 5.03. The fourth-order valence-electron chi connectivity index (χ4n) is 3.62. The van der Waals surface area contributed by atoms with Crippen molar-refractivity contribution in [2.24, 2.45) is 4.99 Å². The van der Waals surface area contributed by atoms with Crippen molar-refractivity contribution in [3.63, 3.8) is 0 Å². The number of guanidine groups is 1. The topological polar surface area (TPSA) is 68.8 Å². The minimum atomic E-state index is -0.000565. The number of hydrogen-bond donors (Lipinski definition) is 3. The number of nitrogens with one attached hydrogen (secondary N) is 3. The van der Waals surface area contributed by atoms with Gasteiger partial charge in [0, 0.05) is 31.4 Å². The third-order valence-corrected chi connectivity index (χ3v) is 5.03. The maximum atomic E-state index is 12.2. The highest BCUT2D eigenvalue weighted by Gasteiger charge is 2.18. The van der Waals surface area contributed by atoms with E-state index in [1.54, 1.807) is 0 Å². The number of benzene rings is 1. The first-order valence-electron chi connectivity index (χ1n) is 9.94. The molecule has 2 aliphatic rings. The molecule has 6 nitrogen and oxygen atoms in total. The molecule has 0 unspecified atom stereocenters. The number of hydrogen-bond acceptors (Lipinski definition) is 2. The van der Waals surface area contributed by atoms with Gasteiger partial charge in [-0.3, -0.25) is 0 Å². The summed E-state index contributed by atoms with van der Waals surface area (Å²) >= 11 is 0. The van der Waals surface area contributed by atoms with Gasteiger partial charge in [0.05, 0.1) is 6.54 Å². The fraction of sp³-hybridized carbons (Fsp3) is 0.600. The molecule has 7 heteroatoms. The first kappa shape index (κ1) is 21.8. The van der Waals surface area contributed by atoms with Crippen LogP contribution in [0, 0.1) is 0 Å². The Morgan fingerprint density at radius 2 is 1.93 bits per heavy atom. The minimum absolute atomic E-state index is 0. The van der Waals surface area contributed by atoms with Crippen LogP contribution in [-0.2, 0) is 6.54 Å². The molecule has 1 aliphatic heterocycles. The molecule has 1 aromatic carbocycles. The van der Waals surface area contributed by atoms with Gasteiger partial charge in [0.1, 0.15) is 0 Å². The van der Waals surface area contributed by atoms with Crippen LogP contribution in [0.15, 0.2) is 29.3 Å². The standard InChI is InChI=1S/C20H31N5O.HI/c1-2-21-19(23-17-9-3-4-10-17)22-15-16-8-7-11-18(14-16)24-20(26)25-12-5-6-13-25;/h7-8,11,14,17H,2-6,9-10,12-13,15H2,1H3,(H,24,26)(H2,21,22,23);1H. The molecular weight excluding hydrogens is 453 g/mol. The van der Waals surface area contributed by atoms with Gasteiger partial charge in [-0.1, -0.05) is 25.0 Å². The molecule has 3 rings (SSSR count). The Morgan fingerprint density at radius 3 is 2.63 bits per heavy atom. The first-order valence-corrected chi connectivity index (χ1v) is 9.94. The third kappa shape index (κ3) is 6.86. The quantitative estimate of drug-likeness (QED) is 0.337. The lowest BCUT2D eigenvalue weighted by Crippen LogP contribution is -2.42. The SMILES string of the molecule is CCNC(=NCc1cccc(NC(=O)N2CCCC2)c1)NC1CCCC1.I. The van der Waals surface area contributed by atoms with Crippen LogP contribution in [0.5, 0.6) is 0 Å². The Bertz CT molecular complexity index is 625. The lowest BCUT2D eigenvalue weighted by Gasteiger charge is -2.17. The van der Waals surface area contributed by atoms with Crippen LogP contribution in [-0.4, -0.2) is 42.6 Å². The number of carbonyl (C=O) groups is 1. The second-order valence-corrected chi connectivity index (χ2v) is 7.15. The molecule has 27 heavy (non-hydrogen) atoms. The largest absolute Gasteiger partial charge is 0.357 e. The molecule has 2 amide bonds. The Kier molecular flexibility index (Phi) is 9.17. The minimum Gasteiger partial charge on any atom is -0.357 e. The van der Waals surface area contributed by atoms with Crippen molar-refractivity contribution in [1.29, 1.82) is 0 Å². The van der Waals surface area contributed by atoms with Gasteiger partial charge in [-0.25, -0.2) is 9.79 Å². The second-order valence-electron chi connectivity index (χ2n) is 7.15. The average Bonchev–Trinajstić information content (AvgIpc) is 3.34. The Balaban J connectivity index is 0.00000261. The van der Waals surface area contributed by atoms with Gasteiger partial charge in [-0.2, -0.15) is 0 Å². The van der Waals surface area contributed by atoms with Gasteiger partial charge < -0.3 is 20.9 Å². The van der Waals surface area contributed by atoms with Crippen LogP contribution in [0.2, 0.25) is 0 Å². The van der Waals surface area contributed by atoms with Crippen LogP contribution >= 0.6 is 24.0 Å². The zero-order valence-corrected chi connectivity index (χ0v) is 18.5. The summed E-state index contributed by atoms with van der Waals surface area (Å²) in [7, 11) is 0. The molecule has 1 saturated carbocycles. The van der Waals surface area contributed by atoms with Crippen molar-refractivity contribution >= 4 is 41.7 Å². The molecule has 1 saturated heterocycles. The van der Waals surface area contributed by atoms with Crippen LogP contribution in [0.1, 0.15) is 51.0 Å². The van der Waals surface area contributed by atoms with Crippen LogP contribution in [0.4, 0.5) is 10.5 Å². The molecule has 0 atom stereocenters. The number of rotatable bonds is 5. The normalized spacial score (nSPS) is 17.5. The van der Waals surface area contributed by atoms with E-state index in [0.717, 1.165) is 49.7 Å². The monoisotopic (exact) mass is 485 g/mol. The molecule has 0 spiro atoms. The maximum Gasteiger partial charge on any atom is 0.321 e. The molecule has 1 heterocycles. The number of anilines is 1. The summed E-state index contributed by atoms with van der Waals surface area (Å²) in [5.74, 6) is 0.880. The van der Waals surface area contributed by atoms with E-state index in [1.807, 2.05) is 29.2 Å². The van der Waals surface area contributed by atoms with Crippen molar-refractivity contribution in [3.8, 4) is 0 Å². The summed E-state index contributed by atoms with van der Waals surface area (Å²) in [6.45, 7) is 5.24. The number of halogens is 1. The lowest BCUT2D eigenvalue weighted by atomic mass is 10.2. The average molecular weight is 485 g/mol. The molecule has 0 aromatic heterocycles. The van der Waals surface area contributed by atoms with Gasteiger partial charge >= 0.3 is 6.03 Å². The number of amides is 2. The molecule has 2 fully saturated rings. The maximum absolute atomic E-state index is 12.2. The van der Waals surface area contributed by atoms with Crippen molar-refractivity contribution in [1.82, 2.24) is 15.5 Å². The van der Waals surface area contributed by atoms with Gasteiger partial charge in [0.15, 0.2) is 5.96 Å². The highest BCUT2D eigenvalue weighted by atomic mass is 127. The Morgan fingerprint density at radius 1 is 1.19 bits per heavy atom. The van der Waals surface area contributed by atoms with Crippen molar-refractivity contribution in [2.45, 2.75) is 58.0 Å². The fourth-order valence-corrected chi connectivity index (χ4v) is 3.62. The number of aliphatic imine (C=N–C) groups is 1. The van der Waals surface area contributed by atoms with E-state index in [2.05, 4.69) is 22.9 Å². The van der Waals surface area contributed by atoms with E-state index in [-0.39, 0.29) is 30.0 Å². The molecule has 3 N–H and O–H groups in total. The summed E-state index contributed by atoms with van der Waals surface area (Å²) < 4.78 is 0. The van der Waals surface area contributed by atoms with Gasteiger partial charge in [0.25, 0.3) is 0 Å². The summed E-state index contributed by atoms with van der Waals surface area (Å²) in [5, 5.41) is 9.86. The van der Waals surface area contributed by atoms with E-state index in [0.29, 0.717) is 12.6 Å². The van der Waals surface area contributed by atoms with Crippen molar-refractivity contribution < 1.29 is 4.79 Å². The number of urea groups is 1. The first-order chi connectivity index (χ1) is 12.7. The van der Waals surface area contributed by atoms with E-state index >= 15 is 0 Å². The van der Waals surface area contributed by atoms with E-state index in [4.69, 9.17) is 4.99 Å². The summed E-state index contributed by atoms with van der Waals surface area (Å²) in [6, 6.07) is 8.51. The van der Waals surface area contributed by atoms with Crippen LogP contribution in [0.25, 0.3) is 0 Å². The predicted molar refractivity (Wildman–Crippen MR) is 122 cm³/mol.